The summed E-state index contributed by atoms with van der Waals surface area (Å²) in [6.07, 6.45) is 15.6. The number of carbonyl (C=O) groups excluding carboxylic acids is 1. The molecule has 1 aromatic carbocycles. The van der Waals surface area contributed by atoms with E-state index in [0.29, 0.717) is 6.42 Å². The zero-order chi connectivity index (χ0) is 23.6. The van der Waals surface area contributed by atoms with Crippen LogP contribution < -0.4 is 0 Å². The molecule has 0 heterocycles. The van der Waals surface area contributed by atoms with Gasteiger partial charge < -0.3 is 14.9 Å². The summed E-state index contributed by atoms with van der Waals surface area (Å²) in [5.74, 6) is -2.46. The maximum Gasteiger partial charge on any atom is 0.339 e. The van der Waals surface area contributed by atoms with Crippen molar-refractivity contribution >= 4 is 17.9 Å². The van der Waals surface area contributed by atoms with Crippen LogP contribution >= 0.6 is 0 Å². The van der Waals surface area contributed by atoms with Crippen LogP contribution in [0.4, 0.5) is 0 Å². The Hall–Kier alpha value is -2.63. The number of carbonyl (C=O) groups is 3. The number of carboxylic acids is 2. The Morgan fingerprint density at radius 1 is 0.875 bits per heavy atom. The molecule has 6 nitrogen and oxygen atoms in total. The normalized spacial score (nSPS) is 12.0. The number of aromatic carboxylic acids is 1. The van der Waals surface area contributed by atoms with Crippen LogP contribution in [-0.4, -0.2) is 34.2 Å². The topological polar surface area (TPSA) is 101 Å². The van der Waals surface area contributed by atoms with Crippen LogP contribution in [0, 0.1) is 0 Å². The molecule has 0 spiro atoms. The van der Waals surface area contributed by atoms with E-state index in [9.17, 15) is 19.5 Å². The minimum atomic E-state index is -1.14. The Morgan fingerprint density at radius 2 is 1.53 bits per heavy atom. The van der Waals surface area contributed by atoms with Gasteiger partial charge in [-0.05, 0) is 44.2 Å². The minimum Gasteiger partial charge on any atom is -0.481 e. The van der Waals surface area contributed by atoms with Crippen molar-refractivity contribution in [3.8, 4) is 0 Å². The lowest BCUT2D eigenvalue weighted by atomic mass is 10.0. The quantitative estimate of drug-likeness (QED) is 0.149. The molecule has 0 aliphatic rings. The Kier molecular flexibility index (Phi) is 14.5. The van der Waals surface area contributed by atoms with E-state index < -0.39 is 17.9 Å². The highest BCUT2D eigenvalue weighted by Crippen LogP contribution is 2.17. The van der Waals surface area contributed by atoms with E-state index >= 15 is 0 Å². The van der Waals surface area contributed by atoms with Gasteiger partial charge in [0.1, 0.15) is 6.10 Å². The first-order valence-corrected chi connectivity index (χ1v) is 11.9. The molecule has 2 N–H and O–H groups in total. The van der Waals surface area contributed by atoms with Crippen molar-refractivity contribution in [2.45, 2.75) is 96.5 Å². The molecule has 0 amide bonds. The molecule has 1 rings (SSSR count). The molecule has 0 bridgehead atoms. The van der Waals surface area contributed by atoms with Gasteiger partial charge in [0.25, 0.3) is 0 Å². The lowest BCUT2D eigenvalue weighted by Crippen LogP contribution is -2.20. The van der Waals surface area contributed by atoms with E-state index in [-0.39, 0.29) is 23.7 Å². The van der Waals surface area contributed by atoms with Gasteiger partial charge in [0.05, 0.1) is 11.1 Å². The number of unbranched alkanes of at least 4 members (excludes halogenated alkanes) is 8. The van der Waals surface area contributed by atoms with Crippen molar-refractivity contribution in [3.05, 3.63) is 47.5 Å². The predicted octanol–water partition coefficient (Wildman–Crippen LogP) is 6.64. The summed E-state index contributed by atoms with van der Waals surface area (Å²) >= 11 is 0. The first-order valence-electron chi connectivity index (χ1n) is 11.9. The van der Waals surface area contributed by atoms with Crippen LogP contribution in [0.5, 0.6) is 0 Å². The number of esters is 1. The molecule has 0 aliphatic heterocycles. The van der Waals surface area contributed by atoms with Crippen molar-refractivity contribution in [1.29, 1.82) is 0 Å². The Morgan fingerprint density at radius 3 is 2.22 bits per heavy atom. The third-order valence-electron chi connectivity index (χ3n) is 5.36. The van der Waals surface area contributed by atoms with Crippen LogP contribution in [0.2, 0.25) is 0 Å². The highest BCUT2D eigenvalue weighted by molar-refractivity contribution is 6.02. The lowest BCUT2D eigenvalue weighted by molar-refractivity contribution is -0.137. The summed E-state index contributed by atoms with van der Waals surface area (Å²) in [4.78, 5) is 34.5. The van der Waals surface area contributed by atoms with Crippen LogP contribution in [0.25, 0.3) is 0 Å². The standard InChI is InChI=1S/C26H38O6/c1-2-3-4-11-16-21(17-12-9-7-5-6-8-10-13-20-24(27)28)32-26(31)23-19-15-14-18-22(23)25(29)30/h9,12,14-15,18-19,21H,2-8,10-11,13,16-17,20H2,1H3,(H,27,28)(H,29,30). The second-order valence-corrected chi connectivity index (χ2v) is 8.13. The Bertz CT molecular complexity index is 725. The molecule has 1 atom stereocenters. The Balaban J connectivity index is 2.49. The van der Waals surface area contributed by atoms with E-state index in [1.807, 2.05) is 6.08 Å². The summed E-state index contributed by atoms with van der Waals surface area (Å²) in [5, 5.41) is 17.9. The van der Waals surface area contributed by atoms with Gasteiger partial charge in [-0.1, -0.05) is 69.7 Å². The number of rotatable bonds is 18. The first kappa shape index (κ1) is 27.4. The van der Waals surface area contributed by atoms with Gasteiger partial charge in [-0.3, -0.25) is 4.79 Å². The zero-order valence-electron chi connectivity index (χ0n) is 19.3. The SMILES string of the molecule is CCCCCCC(CC=CCCCCCCCC(=O)O)OC(=O)c1ccccc1C(=O)O. The molecule has 0 radical (unpaired) electrons. The summed E-state index contributed by atoms with van der Waals surface area (Å²) in [6.45, 7) is 2.15. The maximum absolute atomic E-state index is 12.6. The third-order valence-corrected chi connectivity index (χ3v) is 5.36. The number of allylic oxidation sites excluding steroid dienone is 1. The second kappa shape index (κ2) is 17.0. The van der Waals surface area contributed by atoms with Crippen molar-refractivity contribution in [2.24, 2.45) is 0 Å². The van der Waals surface area contributed by atoms with Gasteiger partial charge in [0, 0.05) is 12.8 Å². The van der Waals surface area contributed by atoms with Crippen molar-refractivity contribution in [3.63, 3.8) is 0 Å². The van der Waals surface area contributed by atoms with Crippen LogP contribution in [0.1, 0.15) is 111 Å². The number of benzene rings is 1. The van der Waals surface area contributed by atoms with Gasteiger partial charge in [0.15, 0.2) is 0 Å². The van der Waals surface area contributed by atoms with E-state index in [1.54, 1.807) is 12.1 Å². The van der Waals surface area contributed by atoms with Crippen LogP contribution in [0.3, 0.4) is 0 Å². The Labute approximate surface area is 191 Å². The molecule has 0 saturated heterocycles. The average Bonchev–Trinajstić information content (AvgIpc) is 2.77. The van der Waals surface area contributed by atoms with E-state index in [0.717, 1.165) is 70.6 Å². The molecule has 32 heavy (non-hydrogen) atoms. The van der Waals surface area contributed by atoms with E-state index in [1.165, 1.54) is 12.1 Å². The fourth-order valence-corrected chi connectivity index (χ4v) is 3.52. The van der Waals surface area contributed by atoms with Gasteiger partial charge in [0.2, 0.25) is 0 Å². The van der Waals surface area contributed by atoms with Crippen LogP contribution in [-0.2, 0) is 9.53 Å². The smallest absolute Gasteiger partial charge is 0.339 e. The fourth-order valence-electron chi connectivity index (χ4n) is 3.52. The molecule has 1 aromatic rings. The van der Waals surface area contributed by atoms with E-state index in [2.05, 4.69) is 13.0 Å². The highest BCUT2D eigenvalue weighted by Gasteiger charge is 2.20. The number of ether oxygens (including phenoxy) is 1. The molecule has 0 aromatic heterocycles. The van der Waals surface area contributed by atoms with Gasteiger partial charge >= 0.3 is 17.9 Å². The van der Waals surface area contributed by atoms with Gasteiger partial charge in [-0.2, -0.15) is 0 Å². The number of aliphatic carboxylic acids is 1. The van der Waals surface area contributed by atoms with E-state index in [4.69, 9.17) is 9.84 Å². The molecular formula is C26H38O6. The fraction of sp³-hybridized carbons (Fsp3) is 0.577. The van der Waals surface area contributed by atoms with Crippen molar-refractivity contribution < 1.29 is 29.3 Å². The summed E-state index contributed by atoms with van der Waals surface area (Å²) in [5.41, 5.74) is 0.0477. The lowest BCUT2D eigenvalue weighted by Gasteiger charge is -2.17. The second-order valence-electron chi connectivity index (χ2n) is 8.13. The molecule has 6 heteroatoms. The van der Waals surface area contributed by atoms with Crippen LogP contribution in [0.15, 0.2) is 36.4 Å². The van der Waals surface area contributed by atoms with Gasteiger partial charge in [-0.25, -0.2) is 9.59 Å². The number of carboxylic acid groups (broad SMARTS) is 2. The predicted molar refractivity (Wildman–Crippen MR) is 125 cm³/mol. The van der Waals surface area contributed by atoms with Crippen molar-refractivity contribution in [1.82, 2.24) is 0 Å². The summed E-state index contributed by atoms with van der Waals surface area (Å²) in [7, 11) is 0. The summed E-state index contributed by atoms with van der Waals surface area (Å²) in [6, 6.07) is 6.14. The third kappa shape index (κ3) is 12.3. The maximum atomic E-state index is 12.6. The largest absolute Gasteiger partial charge is 0.481 e. The highest BCUT2D eigenvalue weighted by atomic mass is 16.5. The first-order chi connectivity index (χ1) is 15.5. The molecule has 0 fully saturated rings. The van der Waals surface area contributed by atoms with Crippen molar-refractivity contribution in [2.75, 3.05) is 0 Å². The number of hydrogen-bond donors (Lipinski definition) is 2. The summed E-state index contributed by atoms with van der Waals surface area (Å²) < 4.78 is 5.70. The molecule has 1 unspecified atom stereocenters. The zero-order valence-corrected chi connectivity index (χ0v) is 19.3. The van der Waals surface area contributed by atoms with Gasteiger partial charge in [-0.15, -0.1) is 0 Å². The number of hydrogen-bond acceptors (Lipinski definition) is 4. The molecule has 178 valence electrons. The monoisotopic (exact) mass is 446 g/mol. The molecular weight excluding hydrogens is 408 g/mol. The average molecular weight is 447 g/mol. The molecule has 0 aliphatic carbocycles. The minimum absolute atomic E-state index is 0.0406. The molecule has 0 saturated carbocycles.